The van der Waals surface area contributed by atoms with Crippen LogP contribution in [0.5, 0.6) is 0 Å². The highest BCUT2D eigenvalue weighted by molar-refractivity contribution is 5.78. The summed E-state index contributed by atoms with van der Waals surface area (Å²) >= 11 is 0. The number of benzene rings is 2. The first-order valence-corrected chi connectivity index (χ1v) is 7.95. The largest absolute Gasteiger partial charge is 0.349 e. The van der Waals surface area contributed by atoms with Gasteiger partial charge in [-0.2, -0.15) is 0 Å². The Kier molecular flexibility index (Phi) is 4.67. The minimum absolute atomic E-state index is 0.0552. The van der Waals surface area contributed by atoms with Crippen LogP contribution >= 0.6 is 0 Å². The molecule has 1 heterocycles. The Morgan fingerprint density at radius 2 is 1.74 bits per heavy atom. The first-order chi connectivity index (χ1) is 11.3. The number of hydrogen-bond donors (Lipinski definition) is 1. The van der Waals surface area contributed by atoms with Crippen molar-refractivity contribution in [2.45, 2.75) is 25.8 Å². The summed E-state index contributed by atoms with van der Waals surface area (Å²) in [5.41, 5.74) is 3.07. The SMILES string of the molecule is CCC(=O)NC(Cc1ccc2ccccc2n1)c1ccccc1. The smallest absolute Gasteiger partial charge is 0.220 e. The summed E-state index contributed by atoms with van der Waals surface area (Å²) in [6, 6.07) is 22.2. The summed E-state index contributed by atoms with van der Waals surface area (Å²) in [4.78, 5) is 16.6. The first kappa shape index (κ1) is 15.2. The molecule has 0 radical (unpaired) electrons. The van der Waals surface area contributed by atoms with E-state index in [4.69, 9.17) is 4.98 Å². The molecule has 0 saturated heterocycles. The van der Waals surface area contributed by atoms with Crippen molar-refractivity contribution < 1.29 is 4.79 Å². The highest BCUT2D eigenvalue weighted by Gasteiger charge is 2.15. The maximum Gasteiger partial charge on any atom is 0.220 e. The second-order valence-corrected chi connectivity index (χ2v) is 5.58. The van der Waals surface area contributed by atoms with Crippen LogP contribution in [0.15, 0.2) is 66.7 Å². The summed E-state index contributed by atoms with van der Waals surface area (Å²) in [5, 5.41) is 4.23. The molecule has 3 heteroatoms. The molecule has 0 spiro atoms. The van der Waals surface area contributed by atoms with Crippen molar-refractivity contribution in [3.05, 3.63) is 78.0 Å². The topological polar surface area (TPSA) is 42.0 Å². The average Bonchev–Trinajstić information content (AvgIpc) is 2.61. The van der Waals surface area contributed by atoms with E-state index in [0.717, 1.165) is 22.2 Å². The fourth-order valence-electron chi connectivity index (χ4n) is 2.67. The van der Waals surface area contributed by atoms with Crippen molar-refractivity contribution in [2.24, 2.45) is 0 Å². The molecule has 0 bridgehead atoms. The molecule has 1 atom stereocenters. The molecule has 116 valence electrons. The summed E-state index contributed by atoms with van der Waals surface area (Å²) < 4.78 is 0. The molecule has 0 aliphatic carbocycles. The highest BCUT2D eigenvalue weighted by atomic mass is 16.1. The number of aromatic nitrogens is 1. The van der Waals surface area contributed by atoms with Gasteiger partial charge in [0.25, 0.3) is 0 Å². The summed E-state index contributed by atoms with van der Waals surface area (Å²) in [7, 11) is 0. The van der Waals surface area contributed by atoms with Crippen LogP contribution in [0.25, 0.3) is 10.9 Å². The van der Waals surface area contributed by atoms with Crippen LogP contribution in [0, 0.1) is 0 Å². The molecule has 0 saturated carbocycles. The van der Waals surface area contributed by atoms with Crippen LogP contribution in [0.2, 0.25) is 0 Å². The molecule has 0 fully saturated rings. The van der Waals surface area contributed by atoms with E-state index < -0.39 is 0 Å². The van der Waals surface area contributed by atoms with Gasteiger partial charge in [0.2, 0.25) is 5.91 Å². The number of hydrogen-bond acceptors (Lipinski definition) is 2. The monoisotopic (exact) mass is 304 g/mol. The number of carbonyl (C=O) groups excluding carboxylic acids is 1. The zero-order valence-corrected chi connectivity index (χ0v) is 13.2. The molecule has 1 amide bonds. The third kappa shape index (κ3) is 3.75. The van der Waals surface area contributed by atoms with E-state index in [2.05, 4.69) is 17.4 Å². The highest BCUT2D eigenvalue weighted by Crippen LogP contribution is 2.20. The number of carbonyl (C=O) groups is 1. The quantitative estimate of drug-likeness (QED) is 0.773. The Balaban J connectivity index is 1.88. The number of fused-ring (bicyclic) bond motifs is 1. The van der Waals surface area contributed by atoms with Crippen LogP contribution in [-0.4, -0.2) is 10.9 Å². The molecular weight excluding hydrogens is 284 g/mol. The van der Waals surface area contributed by atoms with Crippen LogP contribution in [0.3, 0.4) is 0 Å². The summed E-state index contributed by atoms with van der Waals surface area (Å²) in [6.07, 6.45) is 1.16. The fourth-order valence-corrected chi connectivity index (χ4v) is 2.67. The lowest BCUT2D eigenvalue weighted by atomic mass is 10.0. The molecule has 2 aromatic carbocycles. The van der Waals surface area contributed by atoms with E-state index in [-0.39, 0.29) is 11.9 Å². The predicted octanol–water partition coefficient (Wildman–Crippen LogP) is 4.04. The summed E-state index contributed by atoms with van der Waals surface area (Å²) in [5.74, 6) is 0.0552. The van der Waals surface area contributed by atoms with E-state index in [1.807, 2.05) is 61.5 Å². The Hall–Kier alpha value is -2.68. The second kappa shape index (κ2) is 7.05. The maximum absolute atomic E-state index is 11.9. The van der Waals surface area contributed by atoms with E-state index in [9.17, 15) is 4.79 Å². The molecular formula is C20H20N2O. The van der Waals surface area contributed by atoms with Crippen molar-refractivity contribution in [3.63, 3.8) is 0 Å². The lowest BCUT2D eigenvalue weighted by molar-refractivity contribution is -0.121. The van der Waals surface area contributed by atoms with Gasteiger partial charge in [-0.1, -0.05) is 61.5 Å². The fraction of sp³-hybridized carbons (Fsp3) is 0.200. The Morgan fingerprint density at radius 3 is 2.52 bits per heavy atom. The standard InChI is InChI=1S/C20H20N2O/c1-2-20(23)22-19(15-8-4-3-5-9-15)14-17-13-12-16-10-6-7-11-18(16)21-17/h3-13,19H,2,14H2,1H3,(H,22,23). The molecule has 23 heavy (non-hydrogen) atoms. The van der Waals surface area contributed by atoms with Crippen molar-refractivity contribution in [3.8, 4) is 0 Å². The van der Waals surface area contributed by atoms with Crippen molar-refractivity contribution in [2.75, 3.05) is 0 Å². The molecule has 1 aromatic heterocycles. The van der Waals surface area contributed by atoms with Crippen molar-refractivity contribution in [1.82, 2.24) is 10.3 Å². The predicted molar refractivity (Wildman–Crippen MR) is 93.1 cm³/mol. The number of nitrogens with one attached hydrogen (secondary N) is 1. The summed E-state index contributed by atoms with van der Waals surface area (Å²) in [6.45, 7) is 1.87. The van der Waals surface area contributed by atoms with Crippen LogP contribution in [-0.2, 0) is 11.2 Å². The first-order valence-electron chi connectivity index (χ1n) is 7.95. The van der Waals surface area contributed by atoms with Crippen molar-refractivity contribution >= 4 is 16.8 Å². The minimum atomic E-state index is -0.0580. The number of amides is 1. The van der Waals surface area contributed by atoms with Gasteiger partial charge in [0.1, 0.15) is 0 Å². The molecule has 1 N–H and O–H groups in total. The lowest BCUT2D eigenvalue weighted by Gasteiger charge is -2.19. The van der Waals surface area contributed by atoms with Gasteiger partial charge in [-0.15, -0.1) is 0 Å². The second-order valence-electron chi connectivity index (χ2n) is 5.58. The molecule has 0 aliphatic rings. The van der Waals surface area contributed by atoms with E-state index >= 15 is 0 Å². The van der Waals surface area contributed by atoms with Gasteiger partial charge in [-0.25, -0.2) is 0 Å². The molecule has 3 nitrogen and oxygen atoms in total. The zero-order valence-electron chi connectivity index (χ0n) is 13.2. The lowest BCUT2D eigenvalue weighted by Crippen LogP contribution is -2.29. The zero-order chi connectivity index (χ0) is 16.1. The van der Waals surface area contributed by atoms with E-state index in [0.29, 0.717) is 12.8 Å². The van der Waals surface area contributed by atoms with Gasteiger partial charge in [-0.3, -0.25) is 9.78 Å². The van der Waals surface area contributed by atoms with E-state index in [1.54, 1.807) is 0 Å². The molecule has 3 aromatic rings. The van der Waals surface area contributed by atoms with Gasteiger partial charge in [0.05, 0.1) is 11.6 Å². The van der Waals surface area contributed by atoms with Gasteiger partial charge in [-0.05, 0) is 17.7 Å². The van der Waals surface area contributed by atoms with Crippen LogP contribution < -0.4 is 5.32 Å². The Labute approximate surface area is 136 Å². The number of para-hydroxylation sites is 1. The number of nitrogens with zero attached hydrogens (tertiary/aromatic N) is 1. The van der Waals surface area contributed by atoms with Gasteiger partial charge in [0.15, 0.2) is 0 Å². The molecule has 1 unspecified atom stereocenters. The maximum atomic E-state index is 11.9. The van der Waals surface area contributed by atoms with Gasteiger partial charge in [0, 0.05) is 23.9 Å². The van der Waals surface area contributed by atoms with Crippen molar-refractivity contribution in [1.29, 1.82) is 0 Å². The van der Waals surface area contributed by atoms with Gasteiger partial charge < -0.3 is 5.32 Å². The average molecular weight is 304 g/mol. The van der Waals surface area contributed by atoms with Crippen LogP contribution in [0.4, 0.5) is 0 Å². The normalized spacial score (nSPS) is 12.0. The van der Waals surface area contributed by atoms with Gasteiger partial charge >= 0.3 is 0 Å². The number of rotatable bonds is 5. The Bertz CT molecular complexity index is 799. The Morgan fingerprint density at radius 1 is 1.00 bits per heavy atom. The molecule has 3 rings (SSSR count). The third-order valence-corrected chi connectivity index (χ3v) is 3.93. The number of pyridine rings is 1. The van der Waals surface area contributed by atoms with E-state index in [1.165, 1.54) is 0 Å². The third-order valence-electron chi connectivity index (χ3n) is 3.93. The molecule has 0 aliphatic heterocycles. The van der Waals surface area contributed by atoms with Crippen LogP contribution in [0.1, 0.15) is 30.6 Å². The minimum Gasteiger partial charge on any atom is -0.349 e.